The molecule has 0 bridgehead atoms. The summed E-state index contributed by atoms with van der Waals surface area (Å²) < 4.78 is 7.82. The van der Waals surface area contributed by atoms with Crippen molar-refractivity contribution in [2.45, 2.75) is 38.7 Å². The van der Waals surface area contributed by atoms with E-state index in [1.165, 1.54) is 25.0 Å². The van der Waals surface area contributed by atoms with Crippen molar-refractivity contribution in [1.29, 1.82) is 0 Å². The van der Waals surface area contributed by atoms with E-state index in [0.717, 1.165) is 42.0 Å². The highest BCUT2D eigenvalue weighted by Crippen LogP contribution is 2.37. The topological polar surface area (TPSA) is 47.4 Å². The zero-order chi connectivity index (χ0) is 21.9. The van der Waals surface area contributed by atoms with Crippen LogP contribution in [0.4, 0.5) is 0 Å². The first-order valence-electron chi connectivity index (χ1n) is 11.5. The van der Waals surface area contributed by atoms with Crippen molar-refractivity contribution in [1.82, 2.24) is 14.7 Å². The van der Waals surface area contributed by atoms with E-state index in [4.69, 9.17) is 4.74 Å². The summed E-state index contributed by atoms with van der Waals surface area (Å²) in [6.45, 7) is 1.29. The molecule has 5 nitrogen and oxygen atoms in total. The lowest BCUT2D eigenvalue weighted by atomic mass is 9.84. The van der Waals surface area contributed by atoms with Crippen LogP contribution in [-0.4, -0.2) is 27.1 Å². The third kappa shape index (κ3) is 4.07. The first-order chi connectivity index (χ1) is 15.7. The molecule has 1 saturated heterocycles. The maximum atomic E-state index is 13.7. The minimum atomic E-state index is 0.0570. The average Bonchev–Trinajstić information content (AvgIpc) is 3.24. The number of amides is 1. The van der Waals surface area contributed by atoms with Crippen LogP contribution in [0.2, 0.25) is 0 Å². The zero-order valence-corrected chi connectivity index (χ0v) is 18.5. The van der Waals surface area contributed by atoms with Gasteiger partial charge in [-0.25, -0.2) is 0 Å². The molecule has 1 aliphatic carbocycles. The van der Waals surface area contributed by atoms with Crippen molar-refractivity contribution in [2.24, 2.45) is 13.0 Å². The van der Waals surface area contributed by atoms with Gasteiger partial charge in [-0.05, 0) is 55.7 Å². The second kappa shape index (κ2) is 9.03. The number of ether oxygens (including phenoxy) is 1. The Morgan fingerprint density at radius 1 is 1.09 bits per heavy atom. The normalized spacial score (nSPS) is 18.1. The monoisotopic (exact) mass is 427 g/mol. The van der Waals surface area contributed by atoms with Gasteiger partial charge in [0.15, 0.2) is 0 Å². The summed E-state index contributed by atoms with van der Waals surface area (Å²) in [6.07, 6.45) is 9.72. The predicted octanol–water partition coefficient (Wildman–Crippen LogP) is 5.59. The molecule has 1 atom stereocenters. The van der Waals surface area contributed by atoms with E-state index >= 15 is 0 Å². The number of carbonyl (C=O) groups is 1. The first kappa shape index (κ1) is 20.6. The fourth-order valence-electron chi connectivity index (χ4n) is 4.95. The van der Waals surface area contributed by atoms with Gasteiger partial charge in [-0.3, -0.25) is 9.48 Å². The number of rotatable bonds is 5. The molecule has 0 saturated carbocycles. The SMILES string of the molecule is Cn1ncc(C(=O)N2CCCC3CCCC=C32)c1-c1cccc(OCc2ccccc2)c1. The molecule has 2 aromatic carbocycles. The van der Waals surface area contributed by atoms with Crippen LogP contribution in [0.3, 0.4) is 0 Å². The summed E-state index contributed by atoms with van der Waals surface area (Å²) in [5, 5.41) is 4.45. The zero-order valence-electron chi connectivity index (χ0n) is 18.5. The fourth-order valence-corrected chi connectivity index (χ4v) is 4.95. The van der Waals surface area contributed by atoms with Crippen LogP contribution in [0.25, 0.3) is 11.3 Å². The van der Waals surface area contributed by atoms with Gasteiger partial charge < -0.3 is 9.64 Å². The van der Waals surface area contributed by atoms with Gasteiger partial charge in [0, 0.05) is 24.9 Å². The van der Waals surface area contributed by atoms with Gasteiger partial charge in [-0.2, -0.15) is 5.10 Å². The van der Waals surface area contributed by atoms with Crippen molar-refractivity contribution in [3.63, 3.8) is 0 Å². The fraction of sp³-hybridized carbons (Fsp3) is 0.333. The first-order valence-corrected chi connectivity index (χ1v) is 11.5. The molecule has 1 fully saturated rings. The molecule has 32 heavy (non-hydrogen) atoms. The van der Waals surface area contributed by atoms with Gasteiger partial charge in [-0.1, -0.05) is 48.5 Å². The standard InChI is InChI=1S/C27H29N3O2/c1-29-26(22-12-7-14-23(17-22)32-19-20-9-3-2-4-10-20)24(18-28-29)27(31)30-16-8-13-21-11-5-6-15-25(21)30/h2-4,7,9-10,12,14-15,17-18,21H,5-6,8,11,13,16,19H2,1H3. The van der Waals surface area contributed by atoms with Gasteiger partial charge in [0.2, 0.25) is 0 Å². The quantitative estimate of drug-likeness (QED) is 0.534. The van der Waals surface area contributed by atoms with Gasteiger partial charge in [0.1, 0.15) is 12.4 Å². The smallest absolute Gasteiger partial charge is 0.261 e. The Hall–Kier alpha value is -3.34. The molecule has 1 unspecified atom stereocenters. The van der Waals surface area contributed by atoms with E-state index in [-0.39, 0.29) is 5.91 Å². The summed E-state index contributed by atoms with van der Waals surface area (Å²) >= 11 is 0. The number of likely N-dealkylation sites (tertiary alicyclic amines) is 1. The highest BCUT2D eigenvalue weighted by molar-refractivity contribution is 6.01. The lowest BCUT2D eigenvalue weighted by Crippen LogP contribution is -2.39. The molecular weight excluding hydrogens is 398 g/mol. The lowest BCUT2D eigenvalue weighted by molar-refractivity contribution is 0.0749. The number of hydrogen-bond donors (Lipinski definition) is 0. The summed E-state index contributed by atoms with van der Waals surface area (Å²) in [5.41, 5.74) is 4.76. The Balaban J connectivity index is 1.41. The van der Waals surface area contributed by atoms with Crippen LogP contribution in [0.1, 0.15) is 48.0 Å². The molecular formula is C27H29N3O2. The molecule has 0 N–H and O–H groups in total. The van der Waals surface area contributed by atoms with Crippen molar-refractivity contribution in [3.05, 3.63) is 83.7 Å². The third-order valence-electron chi connectivity index (χ3n) is 6.54. The van der Waals surface area contributed by atoms with Crippen LogP contribution in [0.15, 0.2) is 72.6 Å². The van der Waals surface area contributed by atoms with Crippen molar-refractivity contribution in [2.75, 3.05) is 6.54 Å². The number of hydrogen-bond acceptors (Lipinski definition) is 3. The van der Waals surface area contributed by atoms with E-state index in [2.05, 4.69) is 11.2 Å². The average molecular weight is 428 g/mol. The molecule has 1 aromatic heterocycles. The van der Waals surface area contributed by atoms with Gasteiger partial charge in [0.05, 0.1) is 17.5 Å². The minimum absolute atomic E-state index is 0.0570. The number of nitrogens with zero attached hydrogens (tertiary/aromatic N) is 3. The summed E-state index contributed by atoms with van der Waals surface area (Å²) in [6, 6.07) is 18.0. The molecule has 0 radical (unpaired) electrons. The second-order valence-electron chi connectivity index (χ2n) is 8.69. The number of benzene rings is 2. The highest BCUT2D eigenvalue weighted by Gasteiger charge is 2.32. The van der Waals surface area contributed by atoms with E-state index in [1.807, 2.05) is 66.5 Å². The lowest BCUT2D eigenvalue weighted by Gasteiger charge is -2.38. The summed E-state index contributed by atoms with van der Waals surface area (Å²) in [5.74, 6) is 1.36. The molecule has 2 heterocycles. The Labute approximate surface area is 189 Å². The number of aryl methyl sites for hydroxylation is 1. The highest BCUT2D eigenvalue weighted by atomic mass is 16.5. The molecule has 0 spiro atoms. The number of allylic oxidation sites excluding steroid dienone is 2. The maximum absolute atomic E-state index is 13.7. The van der Waals surface area contributed by atoms with Crippen LogP contribution in [0, 0.1) is 5.92 Å². The van der Waals surface area contributed by atoms with Crippen LogP contribution >= 0.6 is 0 Å². The van der Waals surface area contributed by atoms with E-state index in [1.54, 1.807) is 10.9 Å². The second-order valence-corrected chi connectivity index (χ2v) is 8.69. The third-order valence-corrected chi connectivity index (χ3v) is 6.54. The van der Waals surface area contributed by atoms with Gasteiger partial charge in [-0.15, -0.1) is 0 Å². The minimum Gasteiger partial charge on any atom is -0.489 e. The Bertz CT molecular complexity index is 1130. The van der Waals surface area contributed by atoms with E-state index in [0.29, 0.717) is 18.1 Å². The van der Waals surface area contributed by atoms with Crippen molar-refractivity contribution < 1.29 is 9.53 Å². The Morgan fingerprint density at radius 2 is 1.94 bits per heavy atom. The van der Waals surface area contributed by atoms with Crippen molar-refractivity contribution >= 4 is 5.91 Å². The van der Waals surface area contributed by atoms with E-state index < -0.39 is 0 Å². The Morgan fingerprint density at radius 3 is 2.81 bits per heavy atom. The molecule has 5 rings (SSSR count). The maximum Gasteiger partial charge on any atom is 0.261 e. The number of fused-ring (bicyclic) bond motifs is 1. The molecule has 5 heteroatoms. The van der Waals surface area contributed by atoms with Gasteiger partial charge in [0.25, 0.3) is 5.91 Å². The summed E-state index contributed by atoms with van der Waals surface area (Å²) in [7, 11) is 1.89. The van der Waals surface area contributed by atoms with Crippen LogP contribution in [0.5, 0.6) is 5.75 Å². The van der Waals surface area contributed by atoms with Gasteiger partial charge >= 0.3 is 0 Å². The molecule has 164 valence electrons. The molecule has 2 aliphatic rings. The van der Waals surface area contributed by atoms with Crippen LogP contribution < -0.4 is 4.74 Å². The largest absolute Gasteiger partial charge is 0.489 e. The molecule has 3 aromatic rings. The predicted molar refractivity (Wildman–Crippen MR) is 125 cm³/mol. The molecule has 1 amide bonds. The number of aromatic nitrogens is 2. The number of carbonyl (C=O) groups excluding carboxylic acids is 1. The number of piperidine rings is 1. The molecule has 1 aliphatic heterocycles. The van der Waals surface area contributed by atoms with E-state index in [9.17, 15) is 4.79 Å². The van der Waals surface area contributed by atoms with Crippen molar-refractivity contribution in [3.8, 4) is 17.0 Å². The Kier molecular flexibility index (Phi) is 5.80. The summed E-state index contributed by atoms with van der Waals surface area (Å²) in [4.78, 5) is 15.7. The van der Waals surface area contributed by atoms with Crippen LogP contribution in [-0.2, 0) is 13.7 Å².